The molecule has 49 heavy (non-hydrogen) atoms. The molecule has 2 aromatic rings. The number of carbonyl (C=O) groups excluding carboxylic acids is 4. The first-order valence-electron chi connectivity index (χ1n) is 16.9. The third-order valence-electron chi connectivity index (χ3n) is 9.40. The van der Waals surface area contributed by atoms with Gasteiger partial charge in [-0.1, -0.05) is 71.4 Å². The number of hydrogen-bond acceptors (Lipinski definition) is 9. The van der Waals surface area contributed by atoms with Gasteiger partial charge in [0.15, 0.2) is 6.10 Å². The van der Waals surface area contributed by atoms with Gasteiger partial charge in [0, 0.05) is 43.3 Å². The van der Waals surface area contributed by atoms with Crippen molar-refractivity contribution < 1.29 is 33.8 Å². The zero-order valence-corrected chi connectivity index (χ0v) is 31.0. The predicted octanol–water partition coefficient (Wildman–Crippen LogP) is 4.48. The molecule has 1 aromatic carbocycles. The minimum absolute atomic E-state index is 0.0295. The summed E-state index contributed by atoms with van der Waals surface area (Å²) in [4.78, 5) is 72.2. The van der Waals surface area contributed by atoms with Crippen molar-refractivity contribution in [1.82, 2.24) is 25.4 Å². The van der Waals surface area contributed by atoms with Gasteiger partial charge in [0.05, 0.1) is 12.5 Å². The van der Waals surface area contributed by atoms with E-state index in [1.165, 1.54) is 18.3 Å². The Balaban J connectivity index is 1.84. The van der Waals surface area contributed by atoms with Crippen LogP contribution in [0.4, 0.5) is 0 Å². The highest BCUT2D eigenvalue weighted by Gasteiger charge is 2.57. The van der Waals surface area contributed by atoms with Crippen LogP contribution in [-0.2, 0) is 23.9 Å². The lowest BCUT2D eigenvalue weighted by molar-refractivity contribution is -0.149. The summed E-state index contributed by atoms with van der Waals surface area (Å²) in [5, 5.41) is 17.7. The van der Waals surface area contributed by atoms with E-state index in [2.05, 4.69) is 15.6 Å². The summed E-state index contributed by atoms with van der Waals surface area (Å²) in [6, 6.07) is 8.58. The summed E-state index contributed by atoms with van der Waals surface area (Å²) < 4.78 is 5.74. The fraction of sp³-hybridized carbons (Fsp3) is 0.611. The molecule has 1 aliphatic carbocycles. The first-order valence-corrected chi connectivity index (χ1v) is 17.8. The number of carboxylic acid groups (broad SMARTS) is 1. The van der Waals surface area contributed by atoms with E-state index in [1.54, 1.807) is 43.2 Å². The second-order valence-corrected chi connectivity index (χ2v) is 14.9. The fourth-order valence-corrected chi connectivity index (χ4v) is 7.21. The Kier molecular flexibility index (Phi) is 13.9. The average Bonchev–Trinajstić information content (AvgIpc) is 3.48. The molecule has 1 heterocycles. The number of nitrogens with one attached hydrogen (secondary N) is 2. The molecule has 1 saturated carbocycles. The number of aromatic nitrogens is 1. The number of thiazole rings is 1. The van der Waals surface area contributed by atoms with Crippen LogP contribution in [0.5, 0.6) is 0 Å². The van der Waals surface area contributed by atoms with Crippen molar-refractivity contribution in [3.63, 3.8) is 0 Å². The first-order chi connectivity index (χ1) is 23.0. The minimum atomic E-state index is -0.929. The Bertz CT molecular complexity index is 1460. The molecule has 270 valence electrons. The summed E-state index contributed by atoms with van der Waals surface area (Å²) in [5.41, 5.74) is 0.444. The van der Waals surface area contributed by atoms with Gasteiger partial charge in [-0.2, -0.15) is 0 Å². The van der Waals surface area contributed by atoms with Gasteiger partial charge in [0.1, 0.15) is 16.7 Å². The van der Waals surface area contributed by atoms with Crippen LogP contribution in [0, 0.1) is 17.8 Å². The molecule has 0 aliphatic heterocycles. The van der Waals surface area contributed by atoms with Gasteiger partial charge in [-0.25, -0.2) is 4.98 Å². The van der Waals surface area contributed by atoms with Gasteiger partial charge in [0.2, 0.25) is 11.8 Å². The monoisotopic (exact) mass is 699 g/mol. The highest BCUT2D eigenvalue weighted by atomic mass is 32.1. The number of rotatable bonds is 18. The van der Waals surface area contributed by atoms with Gasteiger partial charge >= 0.3 is 11.9 Å². The quantitative estimate of drug-likeness (QED) is 0.191. The second kappa shape index (κ2) is 17.2. The number of aliphatic carboxylic acids is 1. The Labute approximate surface area is 294 Å². The molecule has 1 fully saturated rings. The van der Waals surface area contributed by atoms with Crippen LogP contribution in [0.1, 0.15) is 100 Å². The molecular weight excluding hydrogens is 646 g/mol. The van der Waals surface area contributed by atoms with E-state index >= 15 is 0 Å². The van der Waals surface area contributed by atoms with Crippen LogP contribution >= 0.6 is 11.3 Å². The summed E-state index contributed by atoms with van der Waals surface area (Å²) in [6.07, 6.45) is 0.947. The lowest BCUT2D eigenvalue weighted by atomic mass is 9.93. The van der Waals surface area contributed by atoms with E-state index in [1.807, 2.05) is 58.0 Å². The van der Waals surface area contributed by atoms with Crippen molar-refractivity contribution >= 4 is 41.0 Å². The van der Waals surface area contributed by atoms with Crippen LogP contribution < -0.4 is 10.6 Å². The maximum Gasteiger partial charge on any atom is 0.306 e. The number of benzene rings is 1. The molecule has 7 atom stereocenters. The Morgan fingerprint density at radius 3 is 2.29 bits per heavy atom. The molecule has 12 nitrogen and oxygen atoms in total. The van der Waals surface area contributed by atoms with E-state index in [9.17, 15) is 29.1 Å². The smallest absolute Gasteiger partial charge is 0.306 e. The number of ether oxygens (including phenoxy) is 1. The maximum atomic E-state index is 13.9. The van der Waals surface area contributed by atoms with Crippen molar-refractivity contribution in [3.05, 3.63) is 52.0 Å². The minimum Gasteiger partial charge on any atom is -0.481 e. The van der Waals surface area contributed by atoms with Crippen molar-refractivity contribution in [2.24, 2.45) is 17.8 Å². The standard InChI is InChI=1S/C36H53N5O7S/c1-10-22(4)31(38-30(43)19-40(7)8)34(45)41(9)28(21(2)3)16-29(48-24(6)42)33-37-27(20-49-33)32(44)39-36(17-23(5)35(46)47)18-26(36)25-14-12-11-13-15-25/h11-15,20-23,26,28-29,31H,10,16-19H2,1-9H3,(H,38,43)(H,39,44)(H,46,47)/t22?,23-,26-,28+,29?,31-,36?/m0/s1. The lowest BCUT2D eigenvalue weighted by Crippen LogP contribution is -2.55. The van der Waals surface area contributed by atoms with Gasteiger partial charge in [-0.15, -0.1) is 11.3 Å². The molecule has 3 unspecified atom stereocenters. The van der Waals surface area contributed by atoms with Crippen molar-refractivity contribution in [2.45, 2.75) is 96.9 Å². The fourth-order valence-electron chi connectivity index (χ4n) is 6.37. The van der Waals surface area contributed by atoms with Gasteiger partial charge in [-0.3, -0.25) is 24.0 Å². The number of hydrogen-bond donors (Lipinski definition) is 3. The van der Waals surface area contributed by atoms with Crippen LogP contribution in [0.3, 0.4) is 0 Å². The molecule has 0 bridgehead atoms. The molecule has 13 heteroatoms. The van der Waals surface area contributed by atoms with Gasteiger partial charge in [-0.05, 0) is 44.3 Å². The van der Waals surface area contributed by atoms with Crippen LogP contribution in [0.2, 0.25) is 0 Å². The normalized spacial score (nSPS) is 20.1. The molecule has 3 N–H and O–H groups in total. The van der Waals surface area contributed by atoms with E-state index in [0.717, 1.165) is 5.56 Å². The Morgan fingerprint density at radius 1 is 1.08 bits per heavy atom. The molecule has 1 aliphatic rings. The largest absolute Gasteiger partial charge is 0.481 e. The summed E-state index contributed by atoms with van der Waals surface area (Å²) in [6.45, 7) is 10.9. The van der Waals surface area contributed by atoms with Gasteiger partial charge in [0.25, 0.3) is 5.91 Å². The number of carboxylic acids is 1. The third-order valence-corrected chi connectivity index (χ3v) is 10.3. The van der Waals surface area contributed by atoms with E-state index in [-0.39, 0.29) is 54.6 Å². The maximum absolute atomic E-state index is 13.9. The number of likely N-dealkylation sites (N-methyl/N-ethyl adjacent to an activating group) is 2. The van der Waals surface area contributed by atoms with Crippen molar-refractivity contribution in [3.8, 4) is 0 Å². The Morgan fingerprint density at radius 2 is 1.73 bits per heavy atom. The molecule has 3 rings (SSSR count). The first kappa shape index (κ1) is 39.6. The molecular formula is C36H53N5O7S. The number of nitrogens with zero attached hydrogens (tertiary/aromatic N) is 3. The Hall–Kier alpha value is -3.84. The zero-order chi connectivity index (χ0) is 36.6. The SMILES string of the molecule is CCC(C)[C@H](NC(=O)CN(C)C)C(=O)N(C)[C@H](CC(OC(C)=O)c1nc(C(=O)NC2(C[C@H](C)C(=O)O)C[C@H]2c2ccccc2)cs1)C(C)C. The third kappa shape index (κ3) is 10.6. The summed E-state index contributed by atoms with van der Waals surface area (Å²) >= 11 is 1.18. The highest BCUT2D eigenvalue weighted by Crippen LogP contribution is 2.55. The molecule has 0 spiro atoms. The van der Waals surface area contributed by atoms with E-state index in [0.29, 0.717) is 17.8 Å². The number of esters is 1. The summed E-state index contributed by atoms with van der Waals surface area (Å²) in [5.74, 6) is -3.23. The van der Waals surface area contributed by atoms with Crippen molar-refractivity contribution in [1.29, 1.82) is 0 Å². The van der Waals surface area contributed by atoms with Crippen molar-refractivity contribution in [2.75, 3.05) is 27.7 Å². The number of amides is 3. The van der Waals surface area contributed by atoms with E-state index in [4.69, 9.17) is 4.74 Å². The summed E-state index contributed by atoms with van der Waals surface area (Å²) in [7, 11) is 5.27. The topological polar surface area (TPSA) is 158 Å². The van der Waals surface area contributed by atoms with Crippen LogP contribution in [0.25, 0.3) is 0 Å². The van der Waals surface area contributed by atoms with Crippen LogP contribution in [-0.4, -0.2) is 94.9 Å². The van der Waals surface area contributed by atoms with E-state index < -0.39 is 47.5 Å². The zero-order valence-electron chi connectivity index (χ0n) is 30.2. The number of carbonyl (C=O) groups is 5. The van der Waals surface area contributed by atoms with Gasteiger partial charge < -0.3 is 30.3 Å². The highest BCUT2D eigenvalue weighted by molar-refractivity contribution is 7.09. The lowest BCUT2D eigenvalue weighted by Gasteiger charge is -2.37. The predicted molar refractivity (Wildman–Crippen MR) is 188 cm³/mol. The average molecular weight is 700 g/mol. The molecule has 0 saturated heterocycles. The molecule has 3 amide bonds. The molecule has 1 aromatic heterocycles. The molecule has 0 radical (unpaired) electrons. The van der Waals surface area contributed by atoms with Crippen LogP contribution in [0.15, 0.2) is 35.7 Å². The second-order valence-electron chi connectivity index (χ2n) is 14.1.